The third-order valence-electron chi connectivity index (χ3n) is 4.77. The minimum absolute atomic E-state index is 0.123. The van der Waals surface area contributed by atoms with Crippen LogP contribution in [0.1, 0.15) is 65.4 Å². The number of hydrogen-bond acceptors (Lipinski definition) is 2. The van der Waals surface area contributed by atoms with Crippen LogP contribution in [0, 0.1) is 11.7 Å². The molecule has 0 bridgehead atoms. The van der Waals surface area contributed by atoms with Crippen LogP contribution in [0.2, 0.25) is 0 Å². The predicted octanol–water partition coefficient (Wildman–Crippen LogP) is 4.54. The fraction of sp³-hybridized carbons (Fsp3) is 0.667. The molecule has 2 nitrogen and oxygen atoms in total. The lowest BCUT2D eigenvalue weighted by atomic mass is 9.74. The molecule has 0 amide bonds. The van der Waals surface area contributed by atoms with E-state index in [0.29, 0.717) is 5.92 Å². The monoisotopic (exact) mass is 294 g/mol. The maximum absolute atomic E-state index is 13.1. The van der Waals surface area contributed by atoms with Crippen LogP contribution in [0.4, 0.5) is 4.39 Å². The number of rotatable bonds is 9. The first-order valence-electron chi connectivity index (χ1n) is 8.17. The molecule has 1 aromatic rings. The first-order chi connectivity index (χ1) is 9.95. The normalized spacial score (nSPS) is 15.0. The zero-order valence-corrected chi connectivity index (χ0v) is 14.0. The highest BCUT2D eigenvalue weighted by Crippen LogP contribution is 2.32. The number of unbranched alkanes of at least 4 members (excludes halogenated alkanes) is 1. The molecule has 3 N–H and O–H groups in total. The van der Waals surface area contributed by atoms with Crippen molar-refractivity contribution in [3.8, 4) is 0 Å². The molecular formula is C18H31FN2. The maximum atomic E-state index is 13.1. The summed E-state index contributed by atoms with van der Waals surface area (Å²) in [5.74, 6) is 6.33. The second-order valence-corrected chi connectivity index (χ2v) is 6.60. The van der Waals surface area contributed by atoms with Crippen molar-refractivity contribution in [2.75, 3.05) is 0 Å². The van der Waals surface area contributed by atoms with E-state index in [1.165, 1.54) is 37.8 Å². The molecule has 0 saturated carbocycles. The smallest absolute Gasteiger partial charge is 0.123 e. The van der Waals surface area contributed by atoms with E-state index in [1.54, 1.807) is 0 Å². The molecule has 0 saturated heterocycles. The third-order valence-corrected chi connectivity index (χ3v) is 4.77. The second-order valence-electron chi connectivity index (χ2n) is 6.60. The average molecular weight is 294 g/mol. The van der Waals surface area contributed by atoms with Crippen LogP contribution in [-0.4, -0.2) is 6.04 Å². The van der Waals surface area contributed by atoms with Gasteiger partial charge in [0.2, 0.25) is 0 Å². The minimum atomic E-state index is -0.193. The van der Waals surface area contributed by atoms with Crippen LogP contribution in [0.25, 0.3) is 0 Å². The lowest BCUT2D eigenvalue weighted by Crippen LogP contribution is -2.49. The van der Waals surface area contributed by atoms with E-state index in [2.05, 4.69) is 33.1 Å². The van der Waals surface area contributed by atoms with Crippen LogP contribution in [0.15, 0.2) is 24.3 Å². The Labute approximate surface area is 129 Å². The summed E-state index contributed by atoms with van der Waals surface area (Å²) in [7, 11) is 0. The summed E-state index contributed by atoms with van der Waals surface area (Å²) in [5.41, 5.74) is 4.00. The zero-order chi connectivity index (χ0) is 15.9. The molecule has 0 aromatic heterocycles. The summed E-state index contributed by atoms with van der Waals surface area (Å²) in [6.07, 6.45) is 5.99. The fourth-order valence-corrected chi connectivity index (χ4v) is 2.97. The van der Waals surface area contributed by atoms with Gasteiger partial charge in [0, 0.05) is 11.5 Å². The average Bonchev–Trinajstić information content (AvgIpc) is 2.47. The van der Waals surface area contributed by atoms with Gasteiger partial charge in [-0.25, -0.2) is 4.39 Å². The molecule has 21 heavy (non-hydrogen) atoms. The van der Waals surface area contributed by atoms with Crippen molar-refractivity contribution < 1.29 is 4.39 Å². The minimum Gasteiger partial charge on any atom is -0.271 e. The van der Waals surface area contributed by atoms with Gasteiger partial charge in [0.15, 0.2) is 0 Å². The highest BCUT2D eigenvalue weighted by atomic mass is 19.1. The Bertz CT molecular complexity index is 400. The number of halogens is 1. The van der Waals surface area contributed by atoms with E-state index in [4.69, 9.17) is 5.84 Å². The lowest BCUT2D eigenvalue weighted by molar-refractivity contribution is 0.267. The lowest BCUT2D eigenvalue weighted by Gasteiger charge is -2.36. The highest BCUT2D eigenvalue weighted by molar-refractivity contribution is 5.26. The molecule has 1 aromatic carbocycles. The van der Waals surface area contributed by atoms with Gasteiger partial charge >= 0.3 is 0 Å². The summed E-state index contributed by atoms with van der Waals surface area (Å²) in [4.78, 5) is 0. The van der Waals surface area contributed by atoms with E-state index < -0.39 is 0 Å². The van der Waals surface area contributed by atoms with Gasteiger partial charge in [0.1, 0.15) is 5.82 Å². The summed E-state index contributed by atoms with van der Waals surface area (Å²) in [6, 6.07) is 6.97. The first-order valence-corrected chi connectivity index (χ1v) is 8.17. The largest absolute Gasteiger partial charge is 0.271 e. The number of nitrogens with one attached hydrogen (secondary N) is 1. The molecule has 0 aliphatic heterocycles. The summed E-state index contributed by atoms with van der Waals surface area (Å²) >= 11 is 0. The predicted molar refractivity (Wildman–Crippen MR) is 88.5 cm³/mol. The molecule has 0 aliphatic carbocycles. The summed E-state index contributed by atoms with van der Waals surface area (Å²) in [6.45, 7) is 8.83. The van der Waals surface area contributed by atoms with E-state index in [-0.39, 0.29) is 17.3 Å². The fourth-order valence-electron chi connectivity index (χ4n) is 2.97. The number of nitrogens with two attached hydrogens (primary N) is 1. The molecule has 1 rings (SSSR count). The van der Waals surface area contributed by atoms with Crippen molar-refractivity contribution in [3.63, 3.8) is 0 Å². The van der Waals surface area contributed by atoms with Gasteiger partial charge in [-0.15, -0.1) is 0 Å². The van der Waals surface area contributed by atoms with E-state index in [1.807, 2.05) is 12.1 Å². The number of hydrazine groups is 1. The summed E-state index contributed by atoms with van der Waals surface area (Å²) in [5, 5.41) is 0. The van der Waals surface area contributed by atoms with Crippen molar-refractivity contribution in [2.24, 2.45) is 11.8 Å². The standard InChI is InChI=1S/C18H31FN2/c1-5-7-8-14(6-2)13-17(21-20)18(3,4)15-9-11-16(19)12-10-15/h9-12,14,17,21H,5-8,13,20H2,1-4H3. The molecule has 2 unspecified atom stereocenters. The number of hydrogen-bond donors (Lipinski definition) is 2. The Balaban J connectivity index is 2.83. The van der Waals surface area contributed by atoms with Gasteiger partial charge < -0.3 is 0 Å². The Morgan fingerprint density at radius 1 is 1.19 bits per heavy atom. The van der Waals surface area contributed by atoms with Crippen molar-refractivity contribution in [1.29, 1.82) is 0 Å². The molecule has 0 radical (unpaired) electrons. The van der Waals surface area contributed by atoms with Crippen LogP contribution >= 0.6 is 0 Å². The quantitative estimate of drug-likeness (QED) is 0.518. The van der Waals surface area contributed by atoms with Crippen molar-refractivity contribution in [2.45, 2.75) is 71.3 Å². The molecule has 0 heterocycles. The first kappa shape index (κ1) is 18.1. The molecule has 120 valence electrons. The maximum Gasteiger partial charge on any atom is 0.123 e. The van der Waals surface area contributed by atoms with Crippen molar-refractivity contribution in [3.05, 3.63) is 35.6 Å². The van der Waals surface area contributed by atoms with Gasteiger partial charge in [-0.2, -0.15) is 0 Å². The summed E-state index contributed by atoms with van der Waals surface area (Å²) < 4.78 is 13.1. The van der Waals surface area contributed by atoms with Gasteiger partial charge in [-0.3, -0.25) is 11.3 Å². The highest BCUT2D eigenvalue weighted by Gasteiger charge is 2.32. The van der Waals surface area contributed by atoms with Gasteiger partial charge in [-0.05, 0) is 30.0 Å². The van der Waals surface area contributed by atoms with E-state index >= 15 is 0 Å². The van der Waals surface area contributed by atoms with E-state index in [0.717, 1.165) is 12.0 Å². The van der Waals surface area contributed by atoms with Gasteiger partial charge in [-0.1, -0.05) is 65.5 Å². The van der Waals surface area contributed by atoms with Crippen LogP contribution in [0.5, 0.6) is 0 Å². The van der Waals surface area contributed by atoms with Crippen LogP contribution in [0.3, 0.4) is 0 Å². The Hall–Kier alpha value is -0.930. The molecule has 2 atom stereocenters. The van der Waals surface area contributed by atoms with Gasteiger partial charge in [0.05, 0.1) is 0 Å². The van der Waals surface area contributed by atoms with Gasteiger partial charge in [0.25, 0.3) is 0 Å². The third kappa shape index (κ3) is 5.08. The second kappa shape index (κ2) is 8.50. The van der Waals surface area contributed by atoms with Crippen LogP contribution < -0.4 is 11.3 Å². The molecule has 3 heteroatoms. The number of benzene rings is 1. The van der Waals surface area contributed by atoms with Crippen molar-refractivity contribution in [1.82, 2.24) is 5.43 Å². The topological polar surface area (TPSA) is 38.0 Å². The van der Waals surface area contributed by atoms with Crippen LogP contribution in [-0.2, 0) is 5.41 Å². The van der Waals surface area contributed by atoms with Crippen molar-refractivity contribution >= 4 is 0 Å². The Morgan fingerprint density at radius 2 is 1.81 bits per heavy atom. The molecule has 0 fully saturated rings. The molecule has 0 aliphatic rings. The van der Waals surface area contributed by atoms with E-state index in [9.17, 15) is 4.39 Å². The molecular weight excluding hydrogens is 263 g/mol. The SMILES string of the molecule is CCCCC(CC)CC(NN)C(C)(C)c1ccc(F)cc1. The Kier molecular flexibility index (Phi) is 7.33. The Morgan fingerprint density at radius 3 is 2.29 bits per heavy atom. The molecule has 0 spiro atoms. The zero-order valence-electron chi connectivity index (χ0n) is 14.0.